The number of unbranched alkanes of at least 4 members (excludes halogenated alkanes) is 1. The quantitative estimate of drug-likeness (QED) is 0.736. The summed E-state index contributed by atoms with van der Waals surface area (Å²) < 4.78 is 7.57. The van der Waals surface area contributed by atoms with Crippen LogP contribution in [0.5, 0.6) is 5.75 Å². The van der Waals surface area contributed by atoms with Crippen LogP contribution in [0.1, 0.15) is 19.8 Å². The Morgan fingerprint density at radius 1 is 1.39 bits per heavy atom. The van der Waals surface area contributed by atoms with Gasteiger partial charge in [0.25, 0.3) is 5.91 Å². The smallest absolute Gasteiger partial charge is 0.260 e. The van der Waals surface area contributed by atoms with Crippen LogP contribution in [0.25, 0.3) is 0 Å². The monoisotopic (exact) mass is 355 g/mol. The van der Waals surface area contributed by atoms with Crippen molar-refractivity contribution in [3.8, 4) is 5.75 Å². The molecule has 1 N–H and O–H groups in total. The molecule has 1 atom stereocenters. The second kappa shape index (κ2) is 8.79. The van der Waals surface area contributed by atoms with Crippen molar-refractivity contribution in [1.29, 1.82) is 0 Å². The van der Waals surface area contributed by atoms with Gasteiger partial charge in [0.2, 0.25) is 0 Å². The lowest BCUT2D eigenvalue weighted by Gasteiger charge is -2.16. The van der Waals surface area contributed by atoms with E-state index in [9.17, 15) is 4.79 Å². The maximum absolute atomic E-state index is 12.0. The van der Waals surface area contributed by atoms with Crippen molar-refractivity contribution in [3.05, 3.63) is 47.0 Å². The summed E-state index contributed by atoms with van der Waals surface area (Å²) in [7, 11) is 0. The number of aromatic nitrogens is 2. The molecule has 2 aromatic rings. The number of aryl methyl sites for hydroxylation is 1. The molecule has 0 spiro atoms. The molecule has 0 radical (unpaired) electrons. The van der Waals surface area contributed by atoms with E-state index in [0.717, 1.165) is 19.4 Å². The van der Waals surface area contributed by atoms with E-state index in [2.05, 4.69) is 10.3 Å². The predicted molar refractivity (Wildman–Crippen MR) is 91.0 cm³/mol. The number of imidazole rings is 1. The molecule has 23 heavy (non-hydrogen) atoms. The van der Waals surface area contributed by atoms with E-state index in [1.165, 1.54) is 0 Å². The molecule has 2 rings (SSSR count). The molecule has 0 aliphatic rings. The second-order valence-electron chi connectivity index (χ2n) is 5.11. The Hall–Kier alpha value is -1.72. The Labute approximate surface area is 145 Å². The highest BCUT2D eigenvalue weighted by atomic mass is 35.5. The minimum absolute atomic E-state index is 0.177. The summed E-state index contributed by atoms with van der Waals surface area (Å²) in [4.78, 5) is 16.0. The molecular weight excluding hydrogens is 337 g/mol. The average Bonchev–Trinajstić information content (AvgIpc) is 3.04. The van der Waals surface area contributed by atoms with Crippen LogP contribution in [0, 0.1) is 0 Å². The van der Waals surface area contributed by atoms with E-state index < -0.39 is 6.10 Å². The third-order valence-corrected chi connectivity index (χ3v) is 4.09. The molecule has 1 unspecified atom stereocenters. The number of nitrogens with zero attached hydrogens (tertiary/aromatic N) is 2. The summed E-state index contributed by atoms with van der Waals surface area (Å²) >= 11 is 12.0. The van der Waals surface area contributed by atoms with Gasteiger partial charge in [0, 0.05) is 25.5 Å². The van der Waals surface area contributed by atoms with Crippen LogP contribution < -0.4 is 10.1 Å². The molecular formula is C16H19Cl2N3O2. The number of ether oxygens (including phenoxy) is 1. The van der Waals surface area contributed by atoms with Gasteiger partial charge in [-0.3, -0.25) is 4.79 Å². The summed E-state index contributed by atoms with van der Waals surface area (Å²) in [6.07, 6.45) is 6.66. The molecule has 0 aliphatic heterocycles. The summed E-state index contributed by atoms with van der Waals surface area (Å²) in [6.45, 7) is 3.17. The lowest BCUT2D eigenvalue weighted by atomic mass is 10.3. The van der Waals surface area contributed by atoms with Crippen molar-refractivity contribution in [2.45, 2.75) is 32.4 Å². The molecule has 1 amide bonds. The highest BCUT2D eigenvalue weighted by Crippen LogP contribution is 2.32. The fourth-order valence-corrected chi connectivity index (χ4v) is 2.35. The minimum Gasteiger partial charge on any atom is -0.479 e. The molecule has 124 valence electrons. The fraction of sp³-hybridized carbons (Fsp3) is 0.375. The van der Waals surface area contributed by atoms with Crippen LogP contribution in [0.3, 0.4) is 0 Å². The van der Waals surface area contributed by atoms with Crippen LogP contribution >= 0.6 is 23.2 Å². The molecule has 5 nitrogen and oxygen atoms in total. The molecule has 0 fully saturated rings. The molecule has 1 aromatic carbocycles. The molecule has 0 bridgehead atoms. The Kier molecular flexibility index (Phi) is 6.74. The van der Waals surface area contributed by atoms with Crippen LogP contribution in [0.15, 0.2) is 36.9 Å². The fourth-order valence-electron chi connectivity index (χ4n) is 2.01. The summed E-state index contributed by atoms with van der Waals surface area (Å²) in [5.41, 5.74) is 0. The van der Waals surface area contributed by atoms with Gasteiger partial charge in [-0.25, -0.2) is 4.98 Å². The number of hydrogen-bond donors (Lipinski definition) is 1. The van der Waals surface area contributed by atoms with Crippen molar-refractivity contribution >= 4 is 29.1 Å². The number of carbonyl (C=O) groups is 1. The van der Waals surface area contributed by atoms with Gasteiger partial charge in [-0.15, -0.1) is 0 Å². The summed E-state index contributed by atoms with van der Waals surface area (Å²) in [6, 6.07) is 5.08. The van der Waals surface area contributed by atoms with Gasteiger partial charge in [-0.2, -0.15) is 0 Å². The normalized spacial score (nSPS) is 12.0. The Morgan fingerprint density at radius 2 is 2.22 bits per heavy atom. The lowest BCUT2D eigenvalue weighted by molar-refractivity contribution is -0.127. The third kappa shape index (κ3) is 5.44. The molecule has 0 saturated heterocycles. The molecule has 0 aliphatic carbocycles. The first-order valence-corrected chi connectivity index (χ1v) is 8.17. The van der Waals surface area contributed by atoms with Crippen LogP contribution in [-0.4, -0.2) is 28.1 Å². The highest BCUT2D eigenvalue weighted by Gasteiger charge is 2.16. The van der Waals surface area contributed by atoms with E-state index in [1.807, 2.05) is 10.8 Å². The number of hydrogen-bond acceptors (Lipinski definition) is 3. The minimum atomic E-state index is -0.639. The number of carbonyl (C=O) groups excluding carboxylic acids is 1. The number of benzene rings is 1. The van der Waals surface area contributed by atoms with Gasteiger partial charge in [-0.1, -0.05) is 29.3 Å². The number of amides is 1. The topological polar surface area (TPSA) is 56.1 Å². The average molecular weight is 356 g/mol. The molecule has 0 saturated carbocycles. The maximum Gasteiger partial charge on any atom is 0.260 e. The highest BCUT2D eigenvalue weighted by molar-refractivity contribution is 6.42. The van der Waals surface area contributed by atoms with Gasteiger partial charge < -0.3 is 14.6 Å². The van der Waals surface area contributed by atoms with Crippen LogP contribution in [0.4, 0.5) is 0 Å². The van der Waals surface area contributed by atoms with E-state index in [1.54, 1.807) is 37.6 Å². The first kappa shape index (κ1) is 17.6. The first-order chi connectivity index (χ1) is 11.1. The van der Waals surface area contributed by atoms with Gasteiger partial charge in [0.1, 0.15) is 10.8 Å². The number of halogens is 2. The molecule has 1 heterocycles. The van der Waals surface area contributed by atoms with Gasteiger partial charge in [0.15, 0.2) is 6.10 Å². The Morgan fingerprint density at radius 3 is 2.96 bits per heavy atom. The Bertz CT molecular complexity index is 632. The SMILES string of the molecule is CC(Oc1cccc(Cl)c1Cl)C(=O)NCCCCn1ccnc1. The van der Waals surface area contributed by atoms with Crippen LogP contribution in [-0.2, 0) is 11.3 Å². The van der Waals surface area contributed by atoms with Gasteiger partial charge in [0.05, 0.1) is 11.3 Å². The van der Waals surface area contributed by atoms with Crippen molar-refractivity contribution < 1.29 is 9.53 Å². The van der Waals surface area contributed by atoms with E-state index >= 15 is 0 Å². The lowest BCUT2D eigenvalue weighted by Crippen LogP contribution is -2.36. The van der Waals surface area contributed by atoms with Gasteiger partial charge >= 0.3 is 0 Å². The maximum atomic E-state index is 12.0. The van der Waals surface area contributed by atoms with Crippen molar-refractivity contribution in [1.82, 2.24) is 14.9 Å². The van der Waals surface area contributed by atoms with E-state index in [-0.39, 0.29) is 5.91 Å². The number of nitrogens with one attached hydrogen (secondary N) is 1. The third-order valence-electron chi connectivity index (χ3n) is 3.29. The summed E-state index contributed by atoms with van der Waals surface area (Å²) in [5, 5.41) is 3.57. The number of rotatable bonds is 8. The zero-order valence-electron chi connectivity index (χ0n) is 12.8. The van der Waals surface area contributed by atoms with E-state index in [0.29, 0.717) is 22.3 Å². The molecule has 7 heteroatoms. The van der Waals surface area contributed by atoms with Crippen molar-refractivity contribution in [3.63, 3.8) is 0 Å². The molecule has 1 aromatic heterocycles. The first-order valence-electron chi connectivity index (χ1n) is 7.42. The van der Waals surface area contributed by atoms with E-state index in [4.69, 9.17) is 27.9 Å². The zero-order chi connectivity index (χ0) is 16.7. The van der Waals surface area contributed by atoms with Crippen molar-refractivity contribution in [2.24, 2.45) is 0 Å². The van der Waals surface area contributed by atoms with Gasteiger partial charge in [-0.05, 0) is 31.9 Å². The summed E-state index contributed by atoms with van der Waals surface area (Å²) in [5.74, 6) is 0.227. The predicted octanol–water partition coefficient (Wildman–Crippen LogP) is 3.55. The standard InChI is InChI=1S/C16H19Cl2N3O2/c1-12(23-14-6-4-5-13(17)15(14)18)16(22)20-7-2-3-9-21-10-8-19-11-21/h4-6,8,10-12H,2-3,7,9H2,1H3,(H,20,22). The van der Waals surface area contributed by atoms with Crippen LogP contribution in [0.2, 0.25) is 10.0 Å². The Balaban J connectivity index is 1.69. The second-order valence-corrected chi connectivity index (χ2v) is 5.90. The zero-order valence-corrected chi connectivity index (χ0v) is 14.3. The largest absolute Gasteiger partial charge is 0.479 e. The van der Waals surface area contributed by atoms with Crippen molar-refractivity contribution in [2.75, 3.05) is 6.54 Å².